The molecule has 0 spiro atoms. The van der Waals surface area contributed by atoms with Gasteiger partial charge >= 0.3 is 0 Å². The molecule has 0 radical (unpaired) electrons. The minimum Gasteiger partial charge on any atom is -0.302 e. The van der Waals surface area contributed by atoms with Gasteiger partial charge in [-0.15, -0.1) is 11.5 Å². The van der Waals surface area contributed by atoms with Gasteiger partial charge in [-0.2, -0.15) is 0 Å². The molecule has 1 unspecified atom stereocenters. The first-order valence-corrected chi connectivity index (χ1v) is 3.86. The second-order valence-corrected chi connectivity index (χ2v) is 2.51. The maximum absolute atomic E-state index is 5.18. The Morgan fingerprint density at radius 3 is 3.17 bits per heavy atom. The Morgan fingerprint density at radius 2 is 2.58 bits per heavy atom. The topological polar surface area (TPSA) is 42.7 Å². The van der Waals surface area contributed by atoms with Gasteiger partial charge in [-0.05, 0) is 6.92 Å². The van der Waals surface area contributed by atoms with Gasteiger partial charge < -0.3 is 5.32 Å². The molecular weight excluding hydrogens is 152 g/mol. The van der Waals surface area contributed by atoms with Crippen molar-refractivity contribution in [3.8, 4) is 12.3 Å². The summed E-state index contributed by atoms with van der Waals surface area (Å²) in [5.74, 6) is 2.59. The van der Waals surface area contributed by atoms with E-state index < -0.39 is 0 Å². The molecule has 0 bridgehead atoms. The molecule has 1 aromatic rings. The van der Waals surface area contributed by atoms with Crippen LogP contribution < -0.4 is 5.32 Å². The molecule has 4 heteroatoms. The monoisotopic (exact) mass is 164 g/mol. The van der Waals surface area contributed by atoms with Crippen LogP contribution >= 0.6 is 0 Å². The van der Waals surface area contributed by atoms with E-state index in [0.29, 0.717) is 0 Å². The Balaban J connectivity index is 2.16. The molecule has 4 nitrogen and oxygen atoms in total. The van der Waals surface area contributed by atoms with Crippen LogP contribution in [-0.2, 0) is 6.54 Å². The second-order valence-electron chi connectivity index (χ2n) is 2.51. The third-order valence-corrected chi connectivity index (χ3v) is 1.51. The quantitative estimate of drug-likeness (QED) is 0.631. The van der Waals surface area contributed by atoms with Gasteiger partial charge in [0.2, 0.25) is 0 Å². The fourth-order valence-electron chi connectivity index (χ4n) is 0.807. The van der Waals surface area contributed by atoms with Gasteiger partial charge in [-0.1, -0.05) is 11.1 Å². The highest BCUT2D eigenvalue weighted by atomic mass is 15.4. The lowest BCUT2D eigenvalue weighted by Crippen LogP contribution is -2.28. The summed E-state index contributed by atoms with van der Waals surface area (Å²) in [7, 11) is 0. The predicted molar refractivity (Wildman–Crippen MR) is 46.3 cm³/mol. The van der Waals surface area contributed by atoms with Crippen molar-refractivity contribution in [1.29, 1.82) is 0 Å². The zero-order chi connectivity index (χ0) is 8.81. The van der Waals surface area contributed by atoms with Crippen LogP contribution in [0.2, 0.25) is 0 Å². The molecular formula is C8H12N4. The number of nitrogens with one attached hydrogen (secondary N) is 1. The smallest absolute Gasteiger partial charge is 0.0692 e. The first kappa shape index (κ1) is 8.75. The normalized spacial score (nSPS) is 12.3. The maximum atomic E-state index is 5.18. The molecule has 0 aliphatic heterocycles. The Hall–Kier alpha value is -1.34. The van der Waals surface area contributed by atoms with Crippen LogP contribution in [-0.4, -0.2) is 27.6 Å². The highest BCUT2D eigenvalue weighted by Crippen LogP contribution is 1.81. The van der Waals surface area contributed by atoms with E-state index in [1.54, 1.807) is 10.9 Å². The van der Waals surface area contributed by atoms with Gasteiger partial charge in [0.15, 0.2) is 0 Å². The lowest BCUT2D eigenvalue weighted by molar-refractivity contribution is 0.528. The van der Waals surface area contributed by atoms with E-state index in [4.69, 9.17) is 6.42 Å². The first-order chi connectivity index (χ1) is 5.83. The molecule has 0 saturated heterocycles. The summed E-state index contributed by atoms with van der Waals surface area (Å²) in [4.78, 5) is 0. The Morgan fingerprint density at radius 1 is 1.75 bits per heavy atom. The Bertz CT molecular complexity index is 247. The van der Waals surface area contributed by atoms with E-state index in [1.165, 1.54) is 0 Å². The fraction of sp³-hybridized carbons (Fsp3) is 0.500. The van der Waals surface area contributed by atoms with Crippen LogP contribution in [0, 0.1) is 12.3 Å². The molecule has 12 heavy (non-hydrogen) atoms. The van der Waals surface area contributed by atoms with Gasteiger partial charge in [0, 0.05) is 12.7 Å². The third-order valence-electron chi connectivity index (χ3n) is 1.51. The van der Waals surface area contributed by atoms with Crippen LogP contribution in [0.3, 0.4) is 0 Å². The summed E-state index contributed by atoms with van der Waals surface area (Å²) in [6.45, 7) is 3.56. The molecule has 0 saturated carbocycles. The van der Waals surface area contributed by atoms with E-state index in [2.05, 4.69) is 21.5 Å². The molecule has 0 aliphatic rings. The molecule has 1 aromatic heterocycles. The molecule has 0 aromatic carbocycles. The van der Waals surface area contributed by atoms with Gasteiger partial charge in [-0.25, -0.2) is 0 Å². The fourth-order valence-corrected chi connectivity index (χ4v) is 0.807. The van der Waals surface area contributed by atoms with Crippen LogP contribution in [0.4, 0.5) is 0 Å². The Kier molecular flexibility index (Phi) is 3.30. The van der Waals surface area contributed by atoms with E-state index in [-0.39, 0.29) is 6.04 Å². The third kappa shape index (κ3) is 2.72. The zero-order valence-corrected chi connectivity index (χ0v) is 7.07. The van der Waals surface area contributed by atoms with Gasteiger partial charge in [0.25, 0.3) is 0 Å². The van der Waals surface area contributed by atoms with Crippen molar-refractivity contribution in [2.75, 3.05) is 6.54 Å². The average molecular weight is 164 g/mol. The number of aromatic nitrogens is 3. The predicted octanol–water partition coefficient (Wildman–Crippen LogP) is -0.111. The average Bonchev–Trinajstić information content (AvgIpc) is 2.57. The molecule has 0 fully saturated rings. The van der Waals surface area contributed by atoms with Crippen molar-refractivity contribution in [2.24, 2.45) is 0 Å². The van der Waals surface area contributed by atoms with Gasteiger partial charge in [-0.3, -0.25) is 4.68 Å². The van der Waals surface area contributed by atoms with E-state index in [0.717, 1.165) is 13.1 Å². The molecule has 0 amide bonds. The van der Waals surface area contributed by atoms with Gasteiger partial charge in [0.05, 0.1) is 18.8 Å². The van der Waals surface area contributed by atoms with Crippen molar-refractivity contribution in [1.82, 2.24) is 20.3 Å². The summed E-state index contributed by atoms with van der Waals surface area (Å²) in [6.07, 6.45) is 8.66. The maximum Gasteiger partial charge on any atom is 0.0692 e. The van der Waals surface area contributed by atoms with Crippen molar-refractivity contribution < 1.29 is 0 Å². The number of hydrogen-bond acceptors (Lipinski definition) is 3. The van der Waals surface area contributed by atoms with Gasteiger partial charge in [0.1, 0.15) is 0 Å². The standard InChI is InChI=1S/C8H12N4/c1-3-8(2)9-4-6-12-7-5-10-11-12/h1,5,7-9H,4,6H2,2H3. The van der Waals surface area contributed by atoms with Crippen LogP contribution in [0.5, 0.6) is 0 Å². The zero-order valence-electron chi connectivity index (χ0n) is 7.07. The lowest BCUT2D eigenvalue weighted by Gasteiger charge is -2.06. The number of hydrogen-bond donors (Lipinski definition) is 1. The molecule has 1 heterocycles. The summed E-state index contributed by atoms with van der Waals surface area (Å²) in [5.41, 5.74) is 0. The molecule has 0 aliphatic carbocycles. The molecule has 1 N–H and O–H groups in total. The lowest BCUT2D eigenvalue weighted by atomic mass is 10.3. The minimum absolute atomic E-state index is 0.119. The number of nitrogens with zero attached hydrogens (tertiary/aromatic N) is 3. The van der Waals surface area contributed by atoms with Crippen LogP contribution in [0.1, 0.15) is 6.92 Å². The molecule has 64 valence electrons. The van der Waals surface area contributed by atoms with E-state index >= 15 is 0 Å². The van der Waals surface area contributed by atoms with Crippen molar-refractivity contribution in [3.05, 3.63) is 12.4 Å². The van der Waals surface area contributed by atoms with Crippen LogP contribution in [0.15, 0.2) is 12.4 Å². The highest BCUT2D eigenvalue weighted by Gasteiger charge is 1.94. The number of rotatable bonds is 4. The number of terminal acetylenes is 1. The summed E-state index contributed by atoms with van der Waals surface area (Å²) in [6, 6.07) is 0.119. The summed E-state index contributed by atoms with van der Waals surface area (Å²) < 4.78 is 1.76. The molecule has 1 atom stereocenters. The van der Waals surface area contributed by atoms with Crippen molar-refractivity contribution in [3.63, 3.8) is 0 Å². The minimum atomic E-state index is 0.119. The van der Waals surface area contributed by atoms with E-state index in [1.807, 2.05) is 13.1 Å². The highest BCUT2D eigenvalue weighted by molar-refractivity contribution is 4.95. The van der Waals surface area contributed by atoms with Crippen LogP contribution in [0.25, 0.3) is 0 Å². The Labute approximate surface area is 72.0 Å². The summed E-state index contributed by atoms with van der Waals surface area (Å²) in [5, 5.41) is 10.6. The second kappa shape index (κ2) is 4.52. The van der Waals surface area contributed by atoms with Crippen molar-refractivity contribution in [2.45, 2.75) is 19.5 Å². The summed E-state index contributed by atoms with van der Waals surface area (Å²) >= 11 is 0. The molecule has 1 rings (SSSR count). The van der Waals surface area contributed by atoms with Crippen molar-refractivity contribution >= 4 is 0 Å². The largest absolute Gasteiger partial charge is 0.302 e. The SMILES string of the molecule is C#CC(C)NCCn1ccnn1. The van der Waals surface area contributed by atoms with E-state index in [9.17, 15) is 0 Å². The first-order valence-electron chi connectivity index (χ1n) is 3.86.